The molecule has 0 saturated carbocycles. The molecule has 2 amide bonds. The number of benzene rings is 2. The monoisotopic (exact) mass is 506 g/mol. The second kappa shape index (κ2) is 8.94. The highest BCUT2D eigenvalue weighted by molar-refractivity contribution is 6.31. The SMILES string of the molecule is COc1cc(Cl)cc2cc(C(=O)C3=C(O)C(=O)N(c4cccc(NC(C)=O)c4)C3c3ccco3)oc12. The quantitative estimate of drug-likeness (QED) is 0.334. The molecule has 4 aromatic rings. The molecule has 1 aliphatic heterocycles. The van der Waals surface area contributed by atoms with E-state index in [0.717, 1.165) is 0 Å². The molecule has 10 heteroatoms. The number of fused-ring (bicyclic) bond motifs is 1. The third-order valence-electron chi connectivity index (χ3n) is 5.70. The van der Waals surface area contributed by atoms with Gasteiger partial charge in [0.25, 0.3) is 5.91 Å². The lowest BCUT2D eigenvalue weighted by Gasteiger charge is -2.25. The Morgan fingerprint density at radius 1 is 1.14 bits per heavy atom. The van der Waals surface area contributed by atoms with Gasteiger partial charge >= 0.3 is 0 Å². The Morgan fingerprint density at radius 2 is 1.94 bits per heavy atom. The fraction of sp³-hybridized carbons (Fsp3) is 0.115. The minimum atomic E-state index is -1.09. The maximum absolute atomic E-state index is 13.7. The second-order valence-corrected chi connectivity index (χ2v) is 8.49. The number of furan rings is 2. The summed E-state index contributed by atoms with van der Waals surface area (Å²) in [6, 6.07) is 13.2. The first-order chi connectivity index (χ1) is 17.3. The van der Waals surface area contributed by atoms with Crippen LogP contribution in [0.1, 0.15) is 29.3 Å². The van der Waals surface area contributed by atoms with Crippen LogP contribution in [-0.4, -0.2) is 29.8 Å². The van der Waals surface area contributed by atoms with Gasteiger partial charge in [-0.05, 0) is 42.5 Å². The topological polar surface area (TPSA) is 122 Å². The van der Waals surface area contributed by atoms with Crippen molar-refractivity contribution in [1.29, 1.82) is 0 Å². The van der Waals surface area contributed by atoms with Crippen molar-refractivity contribution < 1.29 is 33.1 Å². The van der Waals surface area contributed by atoms with Crippen LogP contribution in [-0.2, 0) is 9.59 Å². The Labute approximate surface area is 209 Å². The highest BCUT2D eigenvalue weighted by atomic mass is 35.5. The van der Waals surface area contributed by atoms with E-state index in [2.05, 4.69) is 5.32 Å². The van der Waals surface area contributed by atoms with E-state index < -0.39 is 23.5 Å². The van der Waals surface area contributed by atoms with Gasteiger partial charge in [0.05, 0.1) is 18.9 Å². The lowest BCUT2D eigenvalue weighted by atomic mass is 9.99. The minimum Gasteiger partial charge on any atom is -0.503 e. The van der Waals surface area contributed by atoms with E-state index in [-0.39, 0.29) is 23.0 Å². The fourth-order valence-electron chi connectivity index (χ4n) is 4.24. The van der Waals surface area contributed by atoms with Gasteiger partial charge in [-0.15, -0.1) is 0 Å². The molecular formula is C26H19ClN2O7. The number of halogens is 1. The maximum Gasteiger partial charge on any atom is 0.294 e. The van der Waals surface area contributed by atoms with Gasteiger partial charge in [0.1, 0.15) is 11.8 Å². The maximum atomic E-state index is 13.7. The molecule has 0 radical (unpaired) electrons. The molecular weight excluding hydrogens is 488 g/mol. The molecule has 182 valence electrons. The zero-order valence-electron chi connectivity index (χ0n) is 19.1. The predicted octanol–water partition coefficient (Wildman–Crippen LogP) is 5.43. The third-order valence-corrected chi connectivity index (χ3v) is 5.92. The minimum absolute atomic E-state index is 0.120. The summed E-state index contributed by atoms with van der Waals surface area (Å²) >= 11 is 6.14. The molecule has 2 N–H and O–H groups in total. The number of nitrogens with zero attached hydrogens (tertiary/aromatic N) is 1. The highest BCUT2D eigenvalue weighted by Gasteiger charge is 2.47. The van der Waals surface area contributed by atoms with Crippen molar-refractivity contribution in [2.45, 2.75) is 13.0 Å². The van der Waals surface area contributed by atoms with E-state index in [0.29, 0.717) is 33.1 Å². The van der Waals surface area contributed by atoms with Crippen LogP contribution in [0.2, 0.25) is 5.02 Å². The first-order valence-corrected chi connectivity index (χ1v) is 11.2. The summed E-state index contributed by atoms with van der Waals surface area (Å²) in [7, 11) is 1.44. The fourth-order valence-corrected chi connectivity index (χ4v) is 4.46. The Hall–Kier alpha value is -4.50. The summed E-state index contributed by atoms with van der Waals surface area (Å²) in [6.07, 6.45) is 1.40. The zero-order chi connectivity index (χ0) is 25.6. The van der Waals surface area contributed by atoms with Gasteiger partial charge in [0.2, 0.25) is 11.7 Å². The summed E-state index contributed by atoms with van der Waals surface area (Å²) in [4.78, 5) is 39.7. The van der Waals surface area contributed by atoms with E-state index in [1.807, 2.05) is 0 Å². The highest BCUT2D eigenvalue weighted by Crippen LogP contribution is 2.43. The van der Waals surface area contributed by atoms with Gasteiger partial charge in [-0.1, -0.05) is 17.7 Å². The molecule has 1 unspecified atom stereocenters. The van der Waals surface area contributed by atoms with Crippen LogP contribution in [0.5, 0.6) is 5.75 Å². The summed E-state index contributed by atoms with van der Waals surface area (Å²) in [5.74, 6) is -2.09. The molecule has 0 saturated heterocycles. The lowest BCUT2D eigenvalue weighted by molar-refractivity contribution is -0.117. The predicted molar refractivity (Wildman–Crippen MR) is 131 cm³/mol. The number of ketones is 1. The molecule has 1 atom stereocenters. The Kier molecular flexibility index (Phi) is 5.77. The second-order valence-electron chi connectivity index (χ2n) is 8.05. The van der Waals surface area contributed by atoms with Crippen LogP contribution in [0, 0.1) is 0 Å². The van der Waals surface area contributed by atoms with Crippen molar-refractivity contribution in [2.24, 2.45) is 0 Å². The standard InChI is InChI=1S/C26H19ClN2O7/c1-13(30)28-16-5-3-6-17(12-16)29-22(18-7-4-8-35-18)21(24(32)26(29)33)23(31)19-10-14-9-15(27)11-20(34-2)25(14)36-19/h3-12,22,32H,1-2H3,(H,28,30). The molecule has 2 aromatic heterocycles. The number of nitrogens with one attached hydrogen (secondary N) is 1. The van der Waals surface area contributed by atoms with Crippen molar-refractivity contribution in [3.05, 3.63) is 88.7 Å². The van der Waals surface area contributed by atoms with Crippen LogP contribution in [0.15, 0.2) is 81.0 Å². The number of hydrogen-bond donors (Lipinski definition) is 2. The number of amides is 2. The number of anilines is 2. The summed E-state index contributed by atoms with van der Waals surface area (Å²) < 4.78 is 16.6. The van der Waals surface area contributed by atoms with Gasteiger partial charge in [-0.2, -0.15) is 0 Å². The number of carbonyl (C=O) groups is 3. The van der Waals surface area contributed by atoms with Crippen molar-refractivity contribution in [3.63, 3.8) is 0 Å². The number of rotatable bonds is 6. The summed E-state index contributed by atoms with van der Waals surface area (Å²) in [5.41, 5.74) is 0.847. The molecule has 0 spiro atoms. The van der Waals surface area contributed by atoms with Crippen LogP contribution < -0.4 is 15.0 Å². The number of carbonyl (C=O) groups excluding carboxylic acids is 3. The van der Waals surface area contributed by atoms with Gasteiger partial charge < -0.3 is 24.0 Å². The molecule has 9 nitrogen and oxygen atoms in total. The Bertz CT molecular complexity index is 1550. The molecule has 0 fully saturated rings. The lowest BCUT2D eigenvalue weighted by Crippen LogP contribution is -2.30. The number of ether oxygens (including phenoxy) is 1. The molecule has 0 bridgehead atoms. The number of aliphatic hydroxyl groups excluding tert-OH is 1. The van der Waals surface area contributed by atoms with Gasteiger partial charge in [0, 0.05) is 34.8 Å². The smallest absolute Gasteiger partial charge is 0.294 e. The first kappa shape index (κ1) is 23.3. The summed E-state index contributed by atoms with van der Waals surface area (Å²) in [6.45, 7) is 1.36. The number of methoxy groups -OCH3 is 1. The van der Waals surface area contributed by atoms with Crippen LogP contribution >= 0.6 is 11.6 Å². The van der Waals surface area contributed by atoms with E-state index >= 15 is 0 Å². The average molecular weight is 507 g/mol. The number of Topliss-reactive ketones (excluding diaryl/α,β-unsaturated/α-hetero) is 1. The van der Waals surface area contributed by atoms with Crippen LogP contribution in [0.4, 0.5) is 11.4 Å². The Morgan fingerprint density at radius 3 is 2.64 bits per heavy atom. The van der Waals surface area contributed by atoms with Crippen molar-refractivity contribution in [3.8, 4) is 5.75 Å². The molecule has 0 aliphatic carbocycles. The average Bonchev–Trinajstić information content (AvgIpc) is 3.57. The normalized spacial score (nSPS) is 15.6. The van der Waals surface area contributed by atoms with Gasteiger partial charge in [0.15, 0.2) is 22.9 Å². The molecule has 1 aliphatic rings. The van der Waals surface area contributed by atoms with E-state index in [9.17, 15) is 19.5 Å². The van der Waals surface area contributed by atoms with Crippen molar-refractivity contribution in [1.82, 2.24) is 0 Å². The van der Waals surface area contributed by atoms with Gasteiger partial charge in [-0.25, -0.2) is 0 Å². The molecule has 3 heterocycles. The van der Waals surface area contributed by atoms with Crippen LogP contribution in [0.25, 0.3) is 11.0 Å². The van der Waals surface area contributed by atoms with E-state index in [1.54, 1.807) is 48.5 Å². The molecule has 36 heavy (non-hydrogen) atoms. The van der Waals surface area contributed by atoms with Crippen molar-refractivity contribution >= 4 is 51.5 Å². The Balaban J connectivity index is 1.62. The van der Waals surface area contributed by atoms with Crippen molar-refractivity contribution in [2.75, 3.05) is 17.3 Å². The number of hydrogen-bond acceptors (Lipinski definition) is 7. The molecule has 5 rings (SSSR count). The first-order valence-electron chi connectivity index (χ1n) is 10.8. The largest absolute Gasteiger partial charge is 0.503 e. The summed E-state index contributed by atoms with van der Waals surface area (Å²) in [5, 5.41) is 14.4. The zero-order valence-corrected chi connectivity index (χ0v) is 19.8. The third kappa shape index (κ3) is 3.89. The van der Waals surface area contributed by atoms with Crippen LogP contribution in [0.3, 0.4) is 0 Å². The van der Waals surface area contributed by atoms with Gasteiger partial charge in [-0.3, -0.25) is 19.3 Å². The molecule has 2 aromatic carbocycles. The van der Waals surface area contributed by atoms with E-state index in [4.69, 9.17) is 25.2 Å². The number of aliphatic hydroxyl groups is 1. The van der Waals surface area contributed by atoms with E-state index in [1.165, 1.54) is 31.3 Å².